The zero-order valence-electron chi connectivity index (χ0n) is 10.5. The van der Waals surface area contributed by atoms with Crippen LogP contribution >= 0.6 is 11.6 Å². The highest BCUT2D eigenvalue weighted by atomic mass is 35.5. The van der Waals surface area contributed by atoms with Gasteiger partial charge < -0.3 is 4.74 Å². The van der Waals surface area contributed by atoms with Crippen molar-refractivity contribution in [3.8, 4) is 0 Å². The minimum atomic E-state index is -0.312. The molecule has 0 saturated heterocycles. The first kappa shape index (κ1) is 12.8. The normalized spacial score (nSPS) is 19.2. The maximum atomic E-state index is 6.06. The van der Waals surface area contributed by atoms with E-state index in [1.807, 2.05) is 6.07 Å². The molecule has 17 heavy (non-hydrogen) atoms. The highest BCUT2D eigenvalue weighted by molar-refractivity contribution is 6.29. The molecule has 1 aromatic rings. The van der Waals surface area contributed by atoms with Gasteiger partial charge in [-0.2, -0.15) is 0 Å². The molecular formula is C13H19ClN2O. The van der Waals surface area contributed by atoms with Crippen LogP contribution in [-0.4, -0.2) is 17.1 Å². The number of hydrogen-bond acceptors (Lipinski definition) is 3. The predicted octanol–water partition coefficient (Wildman–Crippen LogP) is 3.50. The molecular weight excluding hydrogens is 236 g/mol. The Morgan fingerprint density at radius 1 is 1.29 bits per heavy atom. The minimum Gasteiger partial charge on any atom is -0.370 e. The zero-order chi connectivity index (χ0) is 12.3. The van der Waals surface area contributed by atoms with E-state index in [4.69, 9.17) is 16.3 Å². The number of aryl methyl sites for hydroxylation is 1. The molecule has 1 aromatic heterocycles. The van der Waals surface area contributed by atoms with Crippen molar-refractivity contribution < 1.29 is 4.74 Å². The lowest BCUT2D eigenvalue weighted by molar-refractivity contribution is -0.0516. The number of methoxy groups -OCH3 is 1. The van der Waals surface area contributed by atoms with Crippen LogP contribution in [0, 0.1) is 0 Å². The third-order valence-electron chi connectivity index (χ3n) is 3.57. The molecule has 1 fully saturated rings. The lowest BCUT2D eigenvalue weighted by Gasteiger charge is -2.34. The molecule has 4 heteroatoms. The summed E-state index contributed by atoms with van der Waals surface area (Å²) in [6.45, 7) is 2.07. The zero-order valence-corrected chi connectivity index (χ0v) is 11.3. The number of ether oxygens (including phenoxy) is 1. The van der Waals surface area contributed by atoms with Crippen LogP contribution in [0.15, 0.2) is 6.07 Å². The average Bonchev–Trinajstić information content (AvgIpc) is 2.38. The maximum absolute atomic E-state index is 6.06. The van der Waals surface area contributed by atoms with Crippen LogP contribution in [0.2, 0.25) is 5.15 Å². The highest BCUT2D eigenvalue weighted by Gasteiger charge is 2.37. The fourth-order valence-corrected chi connectivity index (χ4v) is 2.70. The van der Waals surface area contributed by atoms with Crippen LogP contribution < -0.4 is 0 Å². The number of halogens is 1. The number of aromatic nitrogens is 2. The smallest absolute Gasteiger partial charge is 0.162 e. The third kappa shape index (κ3) is 2.61. The van der Waals surface area contributed by atoms with Crippen molar-refractivity contribution in [2.24, 2.45) is 0 Å². The minimum absolute atomic E-state index is 0.312. The van der Waals surface area contributed by atoms with E-state index < -0.39 is 0 Å². The largest absolute Gasteiger partial charge is 0.370 e. The summed E-state index contributed by atoms with van der Waals surface area (Å²) < 4.78 is 5.74. The molecule has 1 aliphatic rings. The summed E-state index contributed by atoms with van der Waals surface area (Å²) in [6.07, 6.45) is 6.47. The van der Waals surface area contributed by atoms with Crippen LogP contribution in [0.4, 0.5) is 0 Å². The Kier molecular flexibility index (Phi) is 4.00. The molecule has 94 valence electrons. The van der Waals surface area contributed by atoms with Crippen molar-refractivity contribution in [1.82, 2.24) is 9.97 Å². The van der Waals surface area contributed by atoms with E-state index in [1.165, 1.54) is 19.3 Å². The standard InChI is InChI=1S/C13H19ClN2O/c1-3-10-9-11(14)16-12(15-10)13(17-2)7-5-4-6-8-13/h9H,3-8H2,1-2H3. The molecule has 0 aromatic carbocycles. The van der Waals surface area contributed by atoms with Gasteiger partial charge in [0.05, 0.1) is 0 Å². The number of rotatable bonds is 3. The SMILES string of the molecule is CCc1cc(Cl)nc(C2(OC)CCCCC2)n1. The van der Waals surface area contributed by atoms with E-state index >= 15 is 0 Å². The Labute approximate surface area is 108 Å². The van der Waals surface area contributed by atoms with Crippen molar-refractivity contribution >= 4 is 11.6 Å². The molecule has 0 aliphatic heterocycles. The molecule has 0 bridgehead atoms. The average molecular weight is 255 g/mol. The second kappa shape index (κ2) is 5.32. The van der Waals surface area contributed by atoms with Gasteiger partial charge in [0.1, 0.15) is 10.8 Å². The first-order valence-electron chi connectivity index (χ1n) is 6.29. The van der Waals surface area contributed by atoms with Gasteiger partial charge in [-0.15, -0.1) is 0 Å². The van der Waals surface area contributed by atoms with Gasteiger partial charge in [-0.3, -0.25) is 0 Å². The molecule has 0 radical (unpaired) electrons. The maximum Gasteiger partial charge on any atom is 0.162 e. The van der Waals surface area contributed by atoms with Crippen LogP contribution in [0.5, 0.6) is 0 Å². The summed E-state index contributed by atoms with van der Waals surface area (Å²) in [7, 11) is 1.75. The van der Waals surface area contributed by atoms with Gasteiger partial charge in [-0.05, 0) is 25.3 Å². The van der Waals surface area contributed by atoms with Crippen molar-refractivity contribution in [3.63, 3.8) is 0 Å². The Morgan fingerprint density at radius 2 is 2.00 bits per heavy atom. The summed E-state index contributed by atoms with van der Waals surface area (Å²) in [4.78, 5) is 8.98. The van der Waals surface area contributed by atoms with Crippen LogP contribution in [-0.2, 0) is 16.8 Å². The molecule has 0 amide bonds. The Balaban J connectivity index is 2.38. The lowest BCUT2D eigenvalue weighted by atomic mass is 9.84. The Morgan fingerprint density at radius 3 is 2.59 bits per heavy atom. The van der Waals surface area contributed by atoms with Crippen LogP contribution in [0.3, 0.4) is 0 Å². The van der Waals surface area contributed by atoms with Gasteiger partial charge in [0, 0.05) is 12.8 Å². The van der Waals surface area contributed by atoms with E-state index in [2.05, 4.69) is 16.9 Å². The number of nitrogens with zero attached hydrogens (tertiary/aromatic N) is 2. The summed E-state index contributed by atoms with van der Waals surface area (Å²) >= 11 is 6.06. The monoisotopic (exact) mass is 254 g/mol. The molecule has 1 heterocycles. The van der Waals surface area contributed by atoms with Crippen molar-refractivity contribution in [2.75, 3.05) is 7.11 Å². The first-order valence-corrected chi connectivity index (χ1v) is 6.67. The van der Waals surface area contributed by atoms with Gasteiger partial charge in [0.25, 0.3) is 0 Å². The topological polar surface area (TPSA) is 35.0 Å². The third-order valence-corrected chi connectivity index (χ3v) is 3.76. The Hall–Kier alpha value is -0.670. The van der Waals surface area contributed by atoms with Crippen molar-refractivity contribution in [3.05, 3.63) is 22.7 Å². The lowest BCUT2D eigenvalue weighted by Crippen LogP contribution is -2.33. The van der Waals surface area contributed by atoms with E-state index in [-0.39, 0.29) is 5.60 Å². The Bertz CT molecular complexity index is 389. The van der Waals surface area contributed by atoms with Gasteiger partial charge >= 0.3 is 0 Å². The van der Waals surface area contributed by atoms with Crippen LogP contribution in [0.25, 0.3) is 0 Å². The molecule has 1 aliphatic carbocycles. The van der Waals surface area contributed by atoms with Crippen molar-refractivity contribution in [1.29, 1.82) is 0 Å². The second-order valence-corrected chi connectivity index (χ2v) is 5.01. The second-order valence-electron chi connectivity index (χ2n) is 4.62. The fourth-order valence-electron chi connectivity index (χ4n) is 2.49. The van der Waals surface area contributed by atoms with E-state index in [9.17, 15) is 0 Å². The molecule has 1 saturated carbocycles. The molecule has 0 atom stereocenters. The van der Waals surface area contributed by atoms with Gasteiger partial charge in [-0.1, -0.05) is 37.8 Å². The fraction of sp³-hybridized carbons (Fsp3) is 0.692. The summed E-state index contributed by atoms with van der Waals surface area (Å²) in [5.41, 5.74) is 0.676. The van der Waals surface area contributed by atoms with E-state index in [0.29, 0.717) is 5.15 Å². The molecule has 0 N–H and O–H groups in total. The van der Waals surface area contributed by atoms with Gasteiger partial charge in [0.15, 0.2) is 5.82 Å². The summed E-state index contributed by atoms with van der Waals surface area (Å²) in [5.74, 6) is 0.768. The summed E-state index contributed by atoms with van der Waals surface area (Å²) in [6, 6.07) is 1.83. The summed E-state index contributed by atoms with van der Waals surface area (Å²) in [5, 5.41) is 0.522. The van der Waals surface area contributed by atoms with Crippen LogP contribution in [0.1, 0.15) is 50.5 Å². The van der Waals surface area contributed by atoms with Gasteiger partial charge in [0.2, 0.25) is 0 Å². The van der Waals surface area contributed by atoms with E-state index in [0.717, 1.165) is 30.8 Å². The molecule has 0 spiro atoms. The van der Waals surface area contributed by atoms with Gasteiger partial charge in [-0.25, -0.2) is 9.97 Å². The quantitative estimate of drug-likeness (QED) is 0.775. The predicted molar refractivity (Wildman–Crippen MR) is 68.2 cm³/mol. The molecule has 2 rings (SSSR count). The van der Waals surface area contributed by atoms with E-state index in [1.54, 1.807) is 7.11 Å². The van der Waals surface area contributed by atoms with Crippen molar-refractivity contribution in [2.45, 2.75) is 51.0 Å². The number of hydrogen-bond donors (Lipinski definition) is 0. The first-order chi connectivity index (χ1) is 8.20. The highest BCUT2D eigenvalue weighted by Crippen LogP contribution is 2.38. The molecule has 0 unspecified atom stereocenters. The molecule has 3 nitrogen and oxygen atoms in total.